The molecule has 1 unspecified atom stereocenters. The van der Waals surface area contributed by atoms with Crippen LogP contribution in [0.3, 0.4) is 0 Å². The van der Waals surface area contributed by atoms with Crippen molar-refractivity contribution in [2.75, 3.05) is 31.6 Å². The van der Waals surface area contributed by atoms with Crippen LogP contribution < -0.4 is 4.90 Å². The van der Waals surface area contributed by atoms with E-state index in [0.717, 1.165) is 53.8 Å². The molecule has 1 aromatic heterocycles. The van der Waals surface area contributed by atoms with Crippen LogP contribution in [0.25, 0.3) is 10.9 Å². The summed E-state index contributed by atoms with van der Waals surface area (Å²) in [5.41, 5.74) is 4.94. The highest BCUT2D eigenvalue weighted by atomic mass is 16.2. The van der Waals surface area contributed by atoms with Gasteiger partial charge in [0.1, 0.15) is 0 Å². The van der Waals surface area contributed by atoms with Gasteiger partial charge in [0.25, 0.3) is 5.91 Å². The molecule has 0 radical (unpaired) electrons. The summed E-state index contributed by atoms with van der Waals surface area (Å²) in [7, 11) is 1.92. The van der Waals surface area contributed by atoms with Crippen molar-refractivity contribution in [3.05, 3.63) is 71.4 Å². The lowest BCUT2D eigenvalue weighted by Gasteiger charge is -2.23. The number of fused-ring (bicyclic) bond motifs is 1. The van der Waals surface area contributed by atoms with Crippen molar-refractivity contribution < 1.29 is 4.79 Å². The number of para-hydroxylation sites is 2. The molecule has 2 aromatic carbocycles. The monoisotopic (exact) mass is 373 g/mol. The van der Waals surface area contributed by atoms with Gasteiger partial charge in [-0.3, -0.25) is 9.78 Å². The Labute approximate surface area is 166 Å². The van der Waals surface area contributed by atoms with Gasteiger partial charge >= 0.3 is 0 Å². The first-order valence-corrected chi connectivity index (χ1v) is 9.95. The van der Waals surface area contributed by atoms with Crippen molar-refractivity contribution >= 4 is 22.5 Å². The average Bonchev–Trinajstić information content (AvgIpc) is 3.17. The molecule has 1 saturated heterocycles. The Morgan fingerprint density at radius 1 is 1.14 bits per heavy atom. The number of nitrogens with zero attached hydrogens (tertiary/aromatic N) is 3. The van der Waals surface area contributed by atoms with E-state index in [1.54, 1.807) is 0 Å². The molecule has 0 N–H and O–H groups in total. The predicted octanol–water partition coefficient (Wildman–Crippen LogP) is 4.45. The first-order valence-electron chi connectivity index (χ1n) is 9.95. The Morgan fingerprint density at radius 2 is 1.93 bits per heavy atom. The first kappa shape index (κ1) is 18.5. The molecule has 3 aromatic rings. The van der Waals surface area contributed by atoms with Crippen molar-refractivity contribution in [2.24, 2.45) is 5.92 Å². The highest BCUT2D eigenvalue weighted by Gasteiger charge is 2.26. The summed E-state index contributed by atoms with van der Waals surface area (Å²) < 4.78 is 0. The SMILES string of the molecule is Cc1cc(C(=O)N(C)CC2CCN(c3ccccc3)C2)c2cccc(C)c2n1. The Hall–Kier alpha value is -2.88. The topological polar surface area (TPSA) is 36.4 Å². The fourth-order valence-corrected chi connectivity index (χ4v) is 4.23. The van der Waals surface area contributed by atoms with Gasteiger partial charge in [0.15, 0.2) is 0 Å². The van der Waals surface area contributed by atoms with E-state index in [1.165, 1.54) is 5.69 Å². The summed E-state index contributed by atoms with van der Waals surface area (Å²) in [6.45, 7) is 6.82. The molecular weight excluding hydrogens is 346 g/mol. The zero-order valence-corrected chi connectivity index (χ0v) is 16.9. The molecule has 28 heavy (non-hydrogen) atoms. The van der Waals surface area contributed by atoms with Gasteiger partial charge in [-0.05, 0) is 49.9 Å². The summed E-state index contributed by atoms with van der Waals surface area (Å²) in [5.74, 6) is 0.573. The molecule has 4 nitrogen and oxygen atoms in total. The van der Waals surface area contributed by atoms with Gasteiger partial charge in [-0.2, -0.15) is 0 Å². The van der Waals surface area contributed by atoms with Crippen molar-refractivity contribution in [1.82, 2.24) is 9.88 Å². The van der Waals surface area contributed by atoms with Gasteiger partial charge in [-0.25, -0.2) is 0 Å². The maximum atomic E-state index is 13.2. The molecular formula is C24H27N3O. The van der Waals surface area contributed by atoms with Crippen LogP contribution in [0.4, 0.5) is 5.69 Å². The van der Waals surface area contributed by atoms with Crippen molar-refractivity contribution in [1.29, 1.82) is 0 Å². The second-order valence-corrected chi connectivity index (χ2v) is 7.90. The fourth-order valence-electron chi connectivity index (χ4n) is 4.23. The molecule has 1 amide bonds. The highest BCUT2D eigenvalue weighted by molar-refractivity contribution is 6.06. The third-order valence-corrected chi connectivity index (χ3v) is 5.69. The van der Waals surface area contributed by atoms with Gasteiger partial charge in [-0.1, -0.05) is 36.4 Å². The third kappa shape index (κ3) is 3.59. The second kappa shape index (κ2) is 7.63. The average molecular weight is 374 g/mol. The molecule has 1 aliphatic rings. The van der Waals surface area contributed by atoms with Gasteiger partial charge in [0.05, 0.1) is 11.1 Å². The molecule has 144 valence electrons. The van der Waals surface area contributed by atoms with E-state index in [9.17, 15) is 4.79 Å². The van der Waals surface area contributed by atoms with E-state index < -0.39 is 0 Å². The quantitative estimate of drug-likeness (QED) is 0.678. The maximum Gasteiger partial charge on any atom is 0.254 e. The zero-order valence-electron chi connectivity index (χ0n) is 16.9. The molecule has 2 heterocycles. The Kier molecular flexibility index (Phi) is 5.03. The Morgan fingerprint density at radius 3 is 2.71 bits per heavy atom. The normalized spacial score (nSPS) is 16.5. The molecule has 0 spiro atoms. The summed E-state index contributed by atoms with van der Waals surface area (Å²) >= 11 is 0. The lowest BCUT2D eigenvalue weighted by Crippen LogP contribution is -2.33. The molecule has 1 atom stereocenters. The van der Waals surface area contributed by atoms with E-state index >= 15 is 0 Å². The van der Waals surface area contributed by atoms with Crippen LogP contribution in [0.5, 0.6) is 0 Å². The number of benzene rings is 2. The fraction of sp³-hybridized carbons (Fsp3) is 0.333. The van der Waals surface area contributed by atoms with Crippen LogP contribution in [-0.4, -0.2) is 42.5 Å². The molecule has 0 saturated carbocycles. The number of carbonyl (C=O) groups excluding carboxylic acids is 1. The predicted molar refractivity (Wildman–Crippen MR) is 115 cm³/mol. The van der Waals surface area contributed by atoms with E-state index in [2.05, 4.69) is 34.1 Å². The van der Waals surface area contributed by atoms with Crippen molar-refractivity contribution in [3.63, 3.8) is 0 Å². The van der Waals surface area contributed by atoms with Crippen molar-refractivity contribution in [3.8, 4) is 0 Å². The van der Waals surface area contributed by atoms with Crippen LogP contribution >= 0.6 is 0 Å². The van der Waals surface area contributed by atoms with Crippen LogP contribution in [0.1, 0.15) is 28.0 Å². The minimum Gasteiger partial charge on any atom is -0.371 e. The van der Waals surface area contributed by atoms with E-state index in [-0.39, 0.29) is 5.91 Å². The molecule has 4 rings (SSSR count). The third-order valence-electron chi connectivity index (χ3n) is 5.69. The summed E-state index contributed by atoms with van der Waals surface area (Å²) in [5, 5.41) is 0.944. The number of aromatic nitrogens is 1. The summed E-state index contributed by atoms with van der Waals surface area (Å²) in [6, 6.07) is 18.5. The molecule has 1 fully saturated rings. The molecule has 4 heteroatoms. The molecule has 0 aliphatic carbocycles. The number of carbonyl (C=O) groups is 1. The van der Waals surface area contributed by atoms with E-state index in [4.69, 9.17) is 0 Å². The lowest BCUT2D eigenvalue weighted by atomic mass is 10.0. The summed E-state index contributed by atoms with van der Waals surface area (Å²) in [4.78, 5) is 22.2. The molecule has 0 bridgehead atoms. The van der Waals surface area contributed by atoms with Crippen molar-refractivity contribution in [2.45, 2.75) is 20.3 Å². The number of anilines is 1. The number of aryl methyl sites for hydroxylation is 2. The van der Waals surface area contributed by atoms with Gasteiger partial charge in [0, 0.05) is 43.4 Å². The van der Waals surface area contributed by atoms with Crippen LogP contribution in [0, 0.1) is 19.8 Å². The number of rotatable bonds is 4. The highest BCUT2D eigenvalue weighted by Crippen LogP contribution is 2.26. The number of amides is 1. The van der Waals surface area contributed by atoms with Gasteiger partial charge in [0.2, 0.25) is 0 Å². The van der Waals surface area contributed by atoms with E-state index in [1.807, 2.05) is 56.1 Å². The number of hydrogen-bond acceptors (Lipinski definition) is 3. The Balaban J connectivity index is 1.50. The first-order chi connectivity index (χ1) is 13.5. The minimum atomic E-state index is 0.0826. The zero-order chi connectivity index (χ0) is 19.7. The number of hydrogen-bond donors (Lipinski definition) is 0. The maximum absolute atomic E-state index is 13.2. The summed E-state index contributed by atoms with van der Waals surface area (Å²) in [6.07, 6.45) is 1.11. The lowest BCUT2D eigenvalue weighted by molar-refractivity contribution is 0.0778. The number of pyridine rings is 1. The van der Waals surface area contributed by atoms with E-state index in [0.29, 0.717) is 5.92 Å². The smallest absolute Gasteiger partial charge is 0.254 e. The van der Waals surface area contributed by atoms with Gasteiger partial charge in [-0.15, -0.1) is 0 Å². The standard InChI is InChI=1S/C24H27N3O/c1-17-8-7-11-21-22(14-18(2)25-23(17)21)24(28)26(3)15-19-12-13-27(16-19)20-9-5-4-6-10-20/h4-11,14,19H,12-13,15-16H2,1-3H3. The van der Waals surface area contributed by atoms with Crippen LogP contribution in [0.15, 0.2) is 54.6 Å². The minimum absolute atomic E-state index is 0.0826. The van der Waals surface area contributed by atoms with Crippen LogP contribution in [-0.2, 0) is 0 Å². The van der Waals surface area contributed by atoms with Crippen LogP contribution in [0.2, 0.25) is 0 Å². The molecule has 1 aliphatic heterocycles. The Bertz CT molecular complexity index is 999. The largest absolute Gasteiger partial charge is 0.371 e. The second-order valence-electron chi connectivity index (χ2n) is 7.90. The van der Waals surface area contributed by atoms with Gasteiger partial charge < -0.3 is 9.80 Å².